The largest absolute Gasteiger partial charge is 0.383 e. The topological polar surface area (TPSA) is 60.2 Å². The van der Waals surface area contributed by atoms with Gasteiger partial charge in [0.1, 0.15) is 10.8 Å². The monoisotopic (exact) mass is 267 g/mol. The standard InChI is InChI=1S/C13H21N3OS/c14-12-11(9-5-6-9)13(18-16-12)15-7-8-17-10-3-1-2-4-10/h9-10,15H,1-8H2,(H2,14,16). The fraction of sp³-hybridized carbons (Fsp3) is 0.769. The Morgan fingerprint density at radius 1 is 1.28 bits per heavy atom. The van der Waals surface area contributed by atoms with Gasteiger partial charge in [-0.25, -0.2) is 0 Å². The summed E-state index contributed by atoms with van der Waals surface area (Å²) in [5, 5.41) is 4.59. The van der Waals surface area contributed by atoms with E-state index in [2.05, 4.69) is 9.69 Å². The van der Waals surface area contributed by atoms with Crippen molar-refractivity contribution in [2.24, 2.45) is 0 Å². The normalized spacial score (nSPS) is 20.4. The average Bonchev–Trinajstić information content (AvgIpc) is 2.93. The van der Waals surface area contributed by atoms with E-state index in [0.29, 0.717) is 12.0 Å². The lowest BCUT2D eigenvalue weighted by Gasteiger charge is -2.11. The molecule has 2 aliphatic rings. The molecule has 0 unspecified atom stereocenters. The number of nitrogens with two attached hydrogens (primary N) is 1. The molecule has 2 aliphatic carbocycles. The average molecular weight is 267 g/mol. The van der Waals surface area contributed by atoms with Crippen molar-refractivity contribution in [3.8, 4) is 0 Å². The first-order chi connectivity index (χ1) is 8.84. The van der Waals surface area contributed by atoms with Gasteiger partial charge in [0.2, 0.25) is 0 Å². The summed E-state index contributed by atoms with van der Waals surface area (Å²) >= 11 is 1.49. The smallest absolute Gasteiger partial charge is 0.142 e. The minimum Gasteiger partial charge on any atom is -0.383 e. The van der Waals surface area contributed by atoms with Gasteiger partial charge in [-0.15, -0.1) is 0 Å². The maximum Gasteiger partial charge on any atom is 0.142 e. The molecular formula is C13H21N3OS. The molecule has 0 bridgehead atoms. The van der Waals surface area contributed by atoms with Gasteiger partial charge in [-0.2, -0.15) is 4.37 Å². The van der Waals surface area contributed by atoms with E-state index in [0.717, 1.165) is 24.0 Å². The fourth-order valence-corrected chi connectivity index (χ4v) is 3.47. The van der Waals surface area contributed by atoms with E-state index in [4.69, 9.17) is 10.5 Å². The number of nitrogens with zero attached hydrogens (tertiary/aromatic N) is 1. The van der Waals surface area contributed by atoms with Crippen molar-refractivity contribution >= 4 is 22.4 Å². The van der Waals surface area contributed by atoms with Crippen molar-refractivity contribution in [3.63, 3.8) is 0 Å². The van der Waals surface area contributed by atoms with E-state index in [9.17, 15) is 0 Å². The quantitative estimate of drug-likeness (QED) is 0.778. The van der Waals surface area contributed by atoms with Crippen LogP contribution in [0.4, 0.5) is 10.8 Å². The van der Waals surface area contributed by atoms with Crippen LogP contribution in [0.2, 0.25) is 0 Å². The second kappa shape index (κ2) is 5.45. The Balaban J connectivity index is 1.45. The minimum atomic E-state index is 0.501. The molecule has 1 aromatic rings. The van der Waals surface area contributed by atoms with Gasteiger partial charge in [-0.05, 0) is 43.1 Å². The van der Waals surface area contributed by atoms with Crippen LogP contribution >= 0.6 is 11.5 Å². The first kappa shape index (κ1) is 12.2. The van der Waals surface area contributed by atoms with Gasteiger partial charge in [-0.1, -0.05) is 12.8 Å². The molecule has 5 heteroatoms. The van der Waals surface area contributed by atoms with Crippen molar-refractivity contribution in [1.82, 2.24) is 4.37 Å². The van der Waals surface area contributed by atoms with Crippen molar-refractivity contribution in [1.29, 1.82) is 0 Å². The van der Waals surface area contributed by atoms with E-state index >= 15 is 0 Å². The first-order valence-electron chi connectivity index (χ1n) is 6.95. The lowest BCUT2D eigenvalue weighted by molar-refractivity contribution is 0.0659. The van der Waals surface area contributed by atoms with Crippen LogP contribution in [-0.2, 0) is 4.74 Å². The van der Waals surface area contributed by atoms with Crippen LogP contribution in [0.1, 0.15) is 50.0 Å². The summed E-state index contributed by atoms with van der Waals surface area (Å²) < 4.78 is 10.1. The number of hydrogen-bond donors (Lipinski definition) is 2. The molecule has 1 heterocycles. The zero-order valence-corrected chi connectivity index (χ0v) is 11.5. The number of nitrogens with one attached hydrogen (secondary N) is 1. The molecule has 2 fully saturated rings. The number of ether oxygens (including phenoxy) is 1. The van der Waals surface area contributed by atoms with Crippen LogP contribution in [0.15, 0.2) is 0 Å². The molecule has 3 rings (SSSR count). The highest BCUT2D eigenvalue weighted by molar-refractivity contribution is 7.10. The van der Waals surface area contributed by atoms with Gasteiger partial charge >= 0.3 is 0 Å². The van der Waals surface area contributed by atoms with Crippen LogP contribution in [-0.4, -0.2) is 23.6 Å². The van der Waals surface area contributed by atoms with Gasteiger partial charge in [0, 0.05) is 12.1 Å². The van der Waals surface area contributed by atoms with E-state index in [1.807, 2.05) is 0 Å². The molecule has 18 heavy (non-hydrogen) atoms. The number of nitrogen functional groups attached to an aromatic ring is 1. The minimum absolute atomic E-state index is 0.501. The summed E-state index contributed by atoms with van der Waals surface area (Å²) in [6, 6.07) is 0. The Labute approximate surface area is 112 Å². The lowest BCUT2D eigenvalue weighted by Crippen LogP contribution is -2.15. The highest BCUT2D eigenvalue weighted by atomic mass is 32.1. The van der Waals surface area contributed by atoms with Crippen molar-refractivity contribution < 1.29 is 4.74 Å². The van der Waals surface area contributed by atoms with Crippen LogP contribution in [0.5, 0.6) is 0 Å². The Bertz CT molecular complexity index is 397. The van der Waals surface area contributed by atoms with Crippen LogP contribution in [0, 0.1) is 0 Å². The molecule has 100 valence electrons. The summed E-state index contributed by atoms with van der Waals surface area (Å²) in [5.74, 6) is 1.38. The Hall–Kier alpha value is -0.810. The molecule has 4 nitrogen and oxygen atoms in total. The van der Waals surface area contributed by atoms with Crippen molar-refractivity contribution in [2.75, 3.05) is 24.2 Å². The Morgan fingerprint density at radius 3 is 2.78 bits per heavy atom. The molecule has 3 N–H and O–H groups in total. The SMILES string of the molecule is Nc1nsc(NCCOC2CCCC2)c1C1CC1. The summed E-state index contributed by atoms with van der Waals surface area (Å²) in [5.41, 5.74) is 7.16. The van der Waals surface area contributed by atoms with E-state index in [1.54, 1.807) is 0 Å². The number of aromatic nitrogens is 1. The maximum absolute atomic E-state index is 5.91. The zero-order valence-electron chi connectivity index (χ0n) is 10.7. The predicted molar refractivity (Wildman–Crippen MR) is 75.2 cm³/mol. The van der Waals surface area contributed by atoms with Gasteiger partial charge in [0.25, 0.3) is 0 Å². The second-order valence-electron chi connectivity index (χ2n) is 5.29. The molecule has 0 saturated heterocycles. The molecule has 0 spiro atoms. The zero-order chi connectivity index (χ0) is 12.4. The molecule has 0 radical (unpaired) electrons. The maximum atomic E-state index is 5.91. The molecule has 2 saturated carbocycles. The van der Waals surface area contributed by atoms with E-state index in [-0.39, 0.29) is 0 Å². The summed E-state index contributed by atoms with van der Waals surface area (Å²) in [6.45, 7) is 1.64. The van der Waals surface area contributed by atoms with Gasteiger partial charge in [0.15, 0.2) is 0 Å². The van der Waals surface area contributed by atoms with Crippen LogP contribution < -0.4 is 11.1 Å². The second-order valence-corrected chi connectivity index (χ2v) is 6.06. The third-order valence-corrected chi connectivity index (χ3v) is 4.62. The fourth-order valence-electron chi connectivity index (χ4n) is 2.65. The van der Waals surface area contributed by atoms with E-state index in [1.165, 1.54) is 55.6 Å². The number of hydrogen-bond acceptors (Lipinski definition) is 5. The molecule has 0 atom stereocenters. The predicted octanol–water partition coefficient (Wildman–Crippen LogP) is 2.97. The summed E-state index contributed by atoms with van der Waals surface area (Å²) in [4.78, 5) is 0. The van der Waals surface area contributed by atoms with Gasteiger partial charge in [-0.3, -0.25) is 0 Å². The first-order valence-corrected chi connectivity index (χ1v) is 7.72. The summed E-state index contributed by atoms with van der Waals surface area (Å²) in [7, 11) is 0. The Morgan fingerprint density at radius 2 is 2.06 bits per heavy atom. The summed E-state index contributed by atoms with van der Waals surface area (Å²) in [6.07, 6.45) is 8.15. The van der Waals surface area contributed by atoms with Gasteiger partial charge in [0.05, 0.1) is 12.7 Å². The molecule has 1 aromatic heterocycles. The molecule has 0 aliphatic heterocycles. The van der Waals surface area contributed by atoms with Crippen molar-refractivity contribution in [3.05, 3.63) is 5.56 Å². The lowest BCUT2D eigenvalue weighted by atomic mass is 10.2. The molecule has 0 amide bonds. The third-order valence-electron chi connectivity index (χ3n) is 3.78. The Kier molecular flexibility index (Phi) is 3.70. The van der Waals surface area contributed by atoms with E-state index < -0.39 is 0 Å². The van der Waals surface area contributed by atoms with Crippen molar-refractivity contribution in [2.45, 2.75) is 50.5 Å². The molecule has 0 aromatic carbocycles. The third kappa shape index (κ3) is 2.78. The van der Waals surface area contributed by atoms with Gasteiger partial charge < -0.3 is 15.8 Å². The molecular weight excluding hydrogens is 246 g/mol. The van der Waals surface area contributed by atoms with Crippen LogP contribution in [0.25, 0.3) is 0 Å². The highest BCUT2D eigenvalue weighted by Crippen LogP contribution is 2.47. The van der Waals surface area contributed by atoms with Crippen LogP contribution in [0.3, 0.4) is 0 Å². The number of rotatable bonds is 6. The highest BCUT2D eigenvalue weighted by Gasteiger charge is 2.30. The number of anilines is 2.